The number of ketones is 1. The number of quaternary nitrogens is 1. The molecule has 0 aromatic carbocycles. The van der Waals surface area contributed by atoms with Crippen LogP contribution in [0.1, 0.15) is 60.8 Å². The van der Waals surface area contributed by atoms with Crippen molar-refractivity contribution in [2.75, 3.05) is 39.5 Å². The van der Waals surface area contributed by atoms with Crippen molar-refractivity contribution in [3.05, 3.63) is 12.7 Å². The van der Waals surface area contributed by atoms with Gasteiger partial charge in [0.05, 0.1) is 37.6 Å². The van der Waals surface area contributed by atoms with Gasteiger partial charge >= 0.3 is 5.97 Å². The Bertz CT molecular complexity index is 973. The zero-order chi connectivity index (χ0) is 29.0. The molecule has 9 atom stereocenters. The van der Waals surface area contributed by atoms with Gasteiger partial charge in [-0.25, -0.2) is 0 Å². The van der Waals surface area contributed by atoms with Crippen LogP contribution in [0.4, 0.5) is 0 Å². The number of carbonyl (C=O) groups excluding carboxylic acids is 2. The Balaban J connectivity index is 0.00000441. The molecule has 2 saturated carbocycles. The first-order valence-electron chi connectivity index (χ1n) is 14.2. The van der Waals surface area contributed by atoms with Gasteiger partial charge in [0.1, 0.15) is 31.3 Å². The summed E-state index contributed by atoms with van der Waals surface area (Å²) in [6.07, 6.45) is -1.65. The van der Waals surface area contributed by atoms with Gasteiger partial charge in [0.15, 0.2) is 17.5 Å². The number of carbonyl (C=O) groups is 2. The molecule has 10 nitrogen and oxygen atoms in total. The highest BCUT2D eigenvalue weighted by molar-refractivity contribution is 5.92. The van der Waals surface area contributed by atoms with E-state index in [0.717, 1.165) is 13.1 Å². The van der Waals surface area contributed by atoms with Gasteiger partial charge in [-0.1, -0.05) is 26.8 Å². The van der Waals surface area contributed by atoms with Gasteiger partial charge in [0, 0.05) is 24.7 Å². The summed E-state index contributed by atoms with van der Waals surface area (Å²) in [7, 11) is 0. The number of halogens is 1. The second-order valence-corrected chi connectivity index (χ2v) is 13.4. The van der Waals surface area contributed by atoms with E-state index in [1.807, 2.05) is 13.8 Å². The standard InChI is InChI=1S/C29H47NO9.ClH/c1-8-26(5)15-21(33)29(35)27(6)20(32)9-10-25(3,4)23(27)22(34)24(28(29,7)39-26)37-17-19(38-18(2)31)16-30-11-13-36-14-12-30;/h8,19-20,22-24,32,34-35H,1,9-17H2,2-7H3;1H/t19?,20-,22-,23?,24-,26-,27-,28+,29-;/m0./s1. The van der Waals surface area contributed by atoms with Crippen LogP contribution in [0.3, 0.4) is 0 Å². The number of ether oxygens (including phenoxy) is 4. The predicted octanol–water partition coefficient (Wildman–Crippen LogP) is -3.18. The fraction of sp³-hybridized carbons (Fsp3) is 0.862. The molecule has 11 heteroatoms. The van der Waals surface area contributed by atoms with Crippen molar-refractivity contribution >= 4 is 11.8 Å². The lowest BCUT2D eigenvalue weighted by molar-refractivity contribution is -0.910. The first-order valence-corrected chi connectivity index (χ1v) is 14.2. The van der Waals surface area contributed by atoms with E-state index in [-0.39, 0.29) is 25.4 Å². The van der Waals surface area contributed by atoms with E-state index in [9.17, 15) is 24.9 Å². The maximum absolute atomic E-state index is 14.0. The number of aliphatic hydroxyl groups is 3. The molecule has 0 amide bonds. The third-order valence-electron chi connectivity index (χ3n) is 10.2. The SMILES string of the molecule is C=C[C@@]1(C)CC(=O)[C@@]2(O)[C@](C)(O1)[C@@H](OCC(C[NH+]1CCOCC1)OC(C)=O)[C@@H](O)C1C(C)(C)CC[C@H](O)[C@@]12C.[Cl-]. The fourth-order valence-corrected chi connectivity index (χ4v) is 8.32. The average molecular weight is 590 g/mol. The van der Waals surface area contributed by atoms with Crippen LogP contribution in [-0.2, 0) is 28.5 Å². The quantitative estimate of drug-likeness (QED) is 0.179. The number of Topliss-reactive ketones (excluding diaryl/α,β-unsaturated/α-hetero) is 1. The molecule has 230 valence electrons. The van der Waals surface area contributed by atoms with E-state index in [1.54, 1.807) is 20.8 Å². The zero-order valence-electron chi connectivity index (χ0n) is 24.7. The summed E-state index contributed by atoms with van der Waals surface area (Å²) >= 11 is 0. The second kappa shape index (κ2) is 11.5. The van der Waals surface area contributed by atoms with Crippen LogP contribution in [0.15, 0.2) is 12.7 Å². The molecule has 2 saturated heterocycles. The van der Waals surface area contributed by atoms with Crippen molar-refractivity contribution in [2.45, 2.75) is 102 Å². The van der Waals surface area contributed by atoms with E-state index in [4.69, 9.17) is 18.9 Å². The smallest absolute Gasteiger partial charge is 0.303 e. The summed E-state index contributed by atoms with van der Waals surface area (Å²) in [6, 6.07) is 0. The maximum atomic E-state index is 14.0. The molecule has 2 aliphatic carbocycles. The van der Waals surface area contributed by atoms with Crippen molar-refractivity contribution in [1.29, 1.82) is 0 Å². The molecule has 4 fully saturated rings. The third kappa shape index (κ3) is 5.17. The first-order chi connectivity index (χ1) is 18.1. The van der Waals surface area contributed by atoms with Crippen LogP contribution >= 0.6 is 0 Å². The molecule has 4 N–H and O–H groups in total. The summed E-state index contributed by atoms with van der Waals surface area (Å²) in [5.74, 6) is -1.61. The Morgan fingerprint density at radius 1 is 1.20 bits per heavy atom. The average Bonchev–Trinajstić information content (AvgIpc) is 2.84. The zero-order valence-corrected chi connectivity index (χ0v) is 25.5. The van der Waals surface area contributed by atoms with Crippen molar-refractivity contribution in [3.63, 3.8) is 0 Å². The van der Waals surface area contributed by atoms with E-state index < -0.39 is 69.7 Å². The summed E-state index contributed by atoms with van der Waals surface area (Å²) < 4.78 is 24.0. The molecule has 0 aromatic rings. The molecule has 4 aliphatic rings. The van der Waals surface area contributed by atoms with Gasteiger partial charge < -0.3 is 51.6 Å². The van der Waals surface area contributed by atoms with Crippen molar-refractivity contribution in [2.24, 2.45) is 16.7 Å². The predicted molar refractivity (Wildman–Crippen MR) is 141 cm³/mol. The Kier molecular flexibility index (Phi) is 9.62. The molecule has 0 aromatic heterocycles. The molecule has 2 aliphatic heterocycles. The Morgan fingerprint density at radius 2 is 1.82 bits per heavy atom. The van der Waals surface area contributed by atoms with Crippen molar-refractivity contribution in [3.8, 4) is 0 Å². The summed E-state index contributed by atoms with van der Waals surface area (Å²) in [5.41, 5.74) is -6.96. The van der Waals surface area contributed by atoms with Crippen LogP contribution < -0.4 is 17.3 Å². The third-order valence-corrected chi connectivity index (χ3v) is 10.2. The van der Waals surface area contributed by atoms with E-state index in [1.165, 1.54) is 17.9 Å². The van der Waals surface area contributed by atoms with Gasteiger partial charge in [0.25, 0.3) is 0 Å². The molecule has 2 unspecified atom stereocenters. The van der Waals surface area contributed by atoms with Crippen molar-refractivity contribution in [1.82, 2.24) is 0 Å². The lowest BCUT2D eigenvalue weighted by Crippen LogP contribution is -3.15. The summed E-state index contributed by atoms with van der Waals surface area (Å²) in [4.78, 5) is 27.2. The Hall–Kier alpha value is -1.11. The number of nitrogens with one attached hydrogen (secondary N) is 1. The highest BCUT2D eigenvalue weighted by Gasteiger charge is 2.80. The minimum atomic E-state index is -2.17. The lowest BCUT2D eigenvalue weighted by atomic mass is 9.40. The number of rotatable bonds is 7. The molecule has 0 bridgehead atoms. The van der Waals surface area contributed by atoms with Crippen LogP contribution in [0.5, 0.6) is 0 Å². The molecular formula is C29H48ClNO9. The maximum Gasteiger partial charge on any atom is 0.303 e. The van der Waals surface area contributed by atoms with Gasteiger partial charge in [0.2, 0.25) is 0 Å². The Labute approximate surface area is 243 Å². The van der Waals surface area contributed by atoms with E-state index in [2.05, 4.69) is 6.58 Å². The number of fused-ring (bicyclic) bond motifs is 3. The lowest BCUT2D eigenvalue weighted by Gasteiger charge is -2.71. The van der Waals surface area contributed by atoms with Gasteiger partial charge in [-0.05, 0) is 32.1 Å². The number of aliphatic hydroxyl groups excluding tert-OH is 2. The number of esters is 1. The topological polar surface area (TPSA) is 136 Å². The van der Waals surface area contributed by atoms with Gasteiger partial charge in [-0.2, -0.15) is 0 Å². The van der Waals surface area contributed by atoms with Gasteiger partial charge in [-0.3, -0.25) is 9.59 Å². The largest absolute Gasteiger partial charge is 1.00 e. The van der Waals surface area contributed by atoms with Crippen molar-refractivity contribution < 1.29 is 61.2 Å². The van der Waals surface area contributed by atoms with Crippen LogP contribution in [-0.4, -0.2) is 108 Å². The highest BCUT2D eigenvalue weighted by atomic mass is 35.5. The number of hydrogen-bond acceptors (Lipinski definition) is 9. The monoisotopic (exact) mass is 589 g/mol. The molecule has 0 spiro atoms. The van der Waals surface area contributed by atoms with Gasteiger partial charge in [-0.15, -0.1) is 6.58 Å². The van der Waals surface area contributed by atoms with E-state index in [0.29, 0.717) is 32.6 Å². The highest BCUT2D eigenvalue weighted by Crippen LogP contribution is 2.67. The molecule has 0 radical (unpaired) electrons. The van der Waals surface area contributed by atoms with E-state index >= 15 is 0 Å². The molecular weight excluding hydrogens is 542 g/mol. The number of morpholine rings is 1. The summed E-state index contributed by atoms with van der Waals surface area (Å²) in [6.45, 7) is 17.3. The number of hydrogen-bond donors (Lipinski definition) is 4. The Morgan fingerprint density at radius 3 is 2.40 bits per heavy atom. The second-order valence-electron chi connectivity index (χ2n) is 13.4. The van der Waals surface area contributed by atoms with Crippen LogP contribution in [0.2, 0.25) is 0 Å². The minimum absolute atomic E-state index is 0. The molecule has 40 heavy (non-hydrogen) atoms. The van der Waals surface area contributed by atoms with Crippen LogP contribution in [0, 0.1) is 16.7 Å². The van der Waals surface area contributed by atoms with Crippen LogP contribution in [0.25, 0.3) is 0 Å². The molecule has 2 heterocycles. The molecule has 4 rings (SSSR count). The fourth-order valence-electron chi connectivity index (χ4n) is 8.32. The normalized spacial score (nSPS) is 44.0. The summed E-state index contributed by atoms with van der Waals surface area (Å²) in [5, 5.41) is 36.1. The minimum Gasteiger partial charge on any atom is -1.00 e. The first kappa shape index (κ1) is 33.4.